The zero-order chi connectivity index (χ0) is 17.4. The Morgan fingerprint density at radius 1 is 1.08 bits per heavy atom. The number of rotatable bonds is 8. The number of ether oxygens (including phenoxy) is 1. The van der Waals surface area contributed by atoms with Crippen molar-refractivity contribution in [3.8, 4) is 5.75 Å². The summed E-state index contributed by atoms with van der Waals surface area (Å²) in [6, 6.07) is 17.2. The number of carbonyl (C=O) groups is 1. The Kier molecular flexibility index (Phi) is 9.03. The van der Waals surface area contributed by atoms with Crippen LogP contribution < -0.4 is 15.8 Å². The van der Waals surface area contributed by atoms with Crippen LogP contribution in [0.3, 0.4) is 0 Å². The fourth-order valence-electron chi connectivity index (χ4n) is 2.49. The topological polar surface area (TPSA) is 64.3 Å². The summed E-state index contributed by atoms with van der Waals surface area (Å²) in [6.07, 6.45) is 0.880. The molecule has 1 unspecified atom stereocenters. The van der Waals surface area contributed by atoms with E-state index in [9.17, 15) is 4.79 Å². The molecule has 0 heterocycles. The lowest BCUT2D eigenvalue weighted by Crippen LogP contribution is -2.41. The highest BCUT2D eigenvalue weighted by atomic mass is 35.5. The quantitative estimate of drug-likeness (QED) is 0.750. The van der Waals surface area contributed by atoms with Crippen molar-refractivity contribution < 1.29 is 9.53 Å². The summed E-state index contributed by atoms with van der Waals surface area (Å²) in [5.41, 5.74) is 7.40. The van der Waals surface area contributed by atoms with Crippen LogP contribution in [0.2, 0.25) is 0 Å². The third-order valence-corrected chi connectivity index (χ3v) is 3.74. The molecule has 0 aliphatic rings. The maximum Gasteiger partial charge on any atom is 0.251 e. The van der Waals surface area contributed by atoms with Gasteiger partial charge in [-0.05, 0) is 42.2 Å². The molecule has 4 nitrogen and oxygen atoms in total. The third kappa shape index (κ3) is 7.16. The number of amides is 1. The van der Waals surface area contributed by atoms with Gasteiger partial charge in [0.15, 0.2) is 0 Å². The second kappa shape index (κ2) is 10.7. The van der Waals surface area contributed by atoms with E-state index in [0.717, 1.165) is 17.7 Å². The molecule has 0 spiro atoms. The first-order valence-electron chi connectivity index (χ1n) is 8.36. The van der Waals surface area contributed by atoms with E-state index in [-0.39, 0.29) is 24.4 Å². The first kappa shape index (κ1) is 21.0. The van der Waals surface area contributed by atoms with Gasteiger partial charge >= 0.3 is 0 Å². The van der Waals surface area contributed by atoms with Crippen molar-refractivity contribution >= 4 is 18.3 Å². The Morgan fingerprint density at radius 3 is 2.28 bits per heavy atom. The summed E-state index contributed by atoms with van der Waals surface area (Å²) in [6.45, 7) is 5.17. The molecule has 0 radical (unpaired) electrons. The molecule has 25 heavy (non-hydrogen) atoms. The molecule has 5 heteroatoms. The number of para-hydroxylation sites is 1. The number of halogens is 1. The minimum absolute atomic E-state index is 0. The predicted octanol–water partition coefficient (Wildman–Crippen LogP) is 3.79. The van der Waals surface area contributed by atoms with Crippen LogP contribution in [0.25, 0.3) is 0 Å². The zero-order valence-corrected chi connectivity index (χ0v) is 15.6. The van der Waals surface area contributed by atoms with Crippen LogP contribution in [0.5, 0.6) is 5.75 Å². The van der Waals surface area contributed by atoms with Gasteiger partial charge in [0.1, 0.15) is 12.4 Å². The Hall–Kier alpha value is -2.04. The SMILES string of the molecule is CC(C)CC(CN)NC(=O)c1ccc(COc2ccccc2)cc1.Cl. The van der Waals surface area contributed by atoms with E-state index < -0.39 is 0 Å². The lowest BCUT2D eigenvalue weighted by atomic mass is 10.0. The molecule has 0 bridgehead atoms. The number of hydrogen-bond acceptors (Lipinski definition) is 3. The Balaban J connectivity index is 0.00000312. The molecule has 0 fully saturated rings. The maximum atomic E-state index is 12.3. The third-order valence-electron chi connectivity index (χ3n) is 3.74. The molecule has 0 aliphatic carbocycles. The van der Waals surface area contributed by atoms with Crippen LogP contribution in [-0.2, 0) is 6.61 Å². The minimum Gasteiger partial charge on any atom is -0.489 e. The fraction of sp³-hybridized carbons (Fsp3) is 0.350. The second-order valence-electron chi connectivity index (χ2n) is 6.33. The molecule has 136 valence electrons. The standard InChI is InChI=1S/C20H26N2O2.ClH/c1-15(2)12-18(13-21)22-20(23)17-10-8-16(9-11-17)14-24-19-6-4-3-5-7-19;/h3-11,15,18H,12-14,21H2,1-2H3,(H,22,23);1H. The Morgan fingerprint density at radius 2 is 1.72 bits per heavy atom. The van der Waals surface area contributed by atoms with Crippen molar-refractivity contribution in [1.29, 1.82) is 0 Å². The number of nitrogens with two attached hydrogens (primary N) is 1. The lowest BCUT2D eigenvalue weighted by Gasteiger charge is -2.18. The predicted molar refractivity (Wildman–Crippen MR) is 104 cm³/mol. The van der Waals surface area contributed by atoms with Gasteiger partial charge in [0.05, 0.1) is 0 Å². The molecule has 0 saturated carbocycles. The van der Waals surface area contributed by atoms with Crippen LogP contribution >= 0.6 is 12.4 Å². The van der Waals surface area contributed by atoms with Crippen LogP contribution in [0.4, 0.5) is 0 Å². The minimum atomic E-state index is -0.0818. The van der Waals surface area contributed by atoms with Gasteiger partial charge in [0.25, 0.3) is 5.91 Å². The molecule has 1 amide bonds. The van der Waals surface area contributed by atoms with Gasteiger partial charge in [-0.2, -0.15) is 0 Å². The molecule has 3 N–H and O–H groups in total. The highest BCUT2D eigenvalue weighted by Gasteiger charge is 2.13. The van der Waals surface area contributed by atoms with Crippen molar-refractivity contribution in [2.75, 3.05) is 6.54 Å². The van der Waals surface area contributed by atoms with E-state index in [2.05, 4.69) is 19.2 Å². The van der Waals surface area contributed by atoms with Crippen molar-refractivity contribution in [2.45, 2.75) is 32.9 Å². The van der Waals surface area contributed by atoms with E-state index in [1.165, 1.54) is 0 Å². The Labute approximate surface area is 156 Å². The van der Waals surface area contributed by atoms with Crippen molar-refractivity contribution in [3.05, 3.63) is 65.7 Å². The number of nitrogens with one attached hydrogen (secondary N) is 1. The summed E-state index contributed by atoms with van der Waals surface area (Å²) in [4.78, 5) is 12.3. The molecule has 0 aromatic heterocycles. The summed E-state index contributed by atoms with van der Waals surface area (Å²) < 4.78 is 5.70. The monoisotopic (exact) mass is 362 g/mol. The molecule has 0 aliphatic heterocycles. The van der Waals surface area contributed by atoms with E-state index in [1.807, 2.05) is 54.6 Å². The van der Waals surface area contributed by atoms with Gasteiger partial charge in [-0.15, -0.1) is 12.4 Å². The molecular weight excluding hydrogens is 336 g/mol. The van der Waals surface area contributed by atoms with Gasteiger partial charge in [0.2, 0.25) is 0 Å². The molecule has 2 rings (SSSR count). The molecular formula is C20H27ClN2O2. The first-order valence-corrected chi connectivity index (χ1v) is 8.36. The van der Waals surface area contributed by atoms with Crippen LogP contribution in [0, 0.1) is 5.92 Å². The fourth-order valence-corrected chi connectivity index (χ4v) is 2.49. The summed E-state index contributed by atoms with van der Waals surface area (Å²) in [5.74, 6) is 1.25. The summed E-state index contributed by atoms with van der Waals surface area (Å²) >= 11 is 0. The van der Waals surface area contributed by atoms with Crippen LogP contribution in [0.1, 0.15) is 36.2 Å². The lowest BCUT2D eigenvalue weighted by molar-refractivity contribution is 0.0933. The number of benzene rings is 2. The van der Waals surface area contributed by atoms with Gasteiger partial charge in [-0.3, -0.25) is 4.79 Å². The highest BCUT2D eigenvalue weighted by Crippen LogP contribution is 2.12. The van der Waals surface area contributed by atoms with Crippen molar-refractivity contribution in [2.24, 2.45) is 11.7 Å². The van der Waals surface area contributed by atoms with Gasteiger partial charge < -0.3 is 15.8 Å². The maximum absolute atomic E-state index is 12.3. The van der Waals surface area contributed by atoms with Crippen molar-refractivity contribution in [1.82, 2.24) is 5.32 Å². The van der Waals surface area contributed by atoms with Crippen LogP contribution in [0.15, 0.2) is 54.6 Å². The van der Waals surface area contributed by atoms with Crippen molar-refractivity contribution in [3.63, 3.8) is 0 Å². The smallest absolute Gasteiger partial charge is 0.251 e. The van der Waals surface area contributed by atoms with Gasteiger partial charge in [-0.1, -0.05) is 44.2 Å². The highest BCUT2D eigenvalue weighted by molar-refractivity contribution is 5.94. The molecule has 2 aromatic carbocycles. The Bertz CT molecular complexity index is 630. The largest absolute Gasteiger partial charge is 0.489 e. The normalized spacial score (nSPS) is 11.5. The summed E-state index contributed by atoms with van der Waals surface area (Å²) in [5, 5.41) is 3.00. The van der Waals surface area contributed by atoms with E-state index >= 15 is 0 Å². The van der Waals surface area contributed by atoms with Gasteiger partial charge in [0, 0.05) is 18.2 Å². The average Bonchev–Trinajstić information content (AvgIpc) is 2.60. The molecule has 2 aromatic rings. The first-order chi connectivity index (χ1) is 11.6. The van der Waals surface area contributed by atoms with E-state index in [0.29, 0.717) is 24.6 Å². The average molecular weight is 363 g/mol. The second-order valence-corrected chi connectivity index (χ2v) is 6.33. The van der Waals surface area contributed by atoms with Crippen LogP contribution in [-0.4, -0.2) is 18.5 Å². The van der Waals surface area contributed by atoms with E-state index in [1.54, 1.807) is 0 Å². The number of hydrogen-bond donors (Lipinski definition) is 2. The van der Waals surface area contributed by atoms with E-state index in [4.69, 9.17) is 10.5 Å². The number of carbonyl (C=O) groups excluding carboxylic acids is 1. The van der Waals surface area contributed by atoms with Gasteiger partial charge in [-0.25, -0.2) is 0 Å². The zero-order valence-electron chi connectivity index (χ0n) is 14.8. The summed E-state index contributed by atoms with van der Waals surface area (Å²) in [7, 11) is 0. The molecule has 0 saturated heterocycles. The molecule has 1 atom stereocenters.